The average Bonchev–Trinajstić information content (AvgIpc) is 1.19. The van der Waals surface area contributed by atoms with Gasteiger partial charge in [-0.3, -0.25) is 28.8 Å². The van der Waals surface area contributed by atoms with E-state index in [0.29, 0.717) is 104 Å². The maximum absolute atomic E-state index is 12.7. The van der Waals surface area contributed by atoms with Gasteiger partial charge in [0.1, 0.15) is 50.4 Å². The molecule has 0 radical (unpaired) electrons. The second-order valence-electron chi connectivity index (χ2n) is 24.5. The molecule has 6 aromatic carbocycles. The van der Waals surface area contributed by atoms with Gasteiger partial charge in [-0.15, -0.1) is 0 Å². The molecule has 6 N–H and O–H groups in total. The number of carbonyl (C=O) groups is 6. The molecule has 0 bridgehead atoms. The first-order valence-corrected chi connectivity index (χ1v) is 34.9. The molecule has 0 saturated carbocycles. The van der Waals surface area contributed by atoms with Gasteiger partial charge in [0.05, 0.1) is 24.8 Å². The molecule has 0 atom stereocenters. The summed E-state index contributed by atoms with van der Waals surface area (Å²) in [5.41, 5.74) is 6.47. The Balaban J connectivity index is 0.000000168. The fourth-order valence-corrected chi connectivity index (χ4v) is 12.6. The first-order chi connectivity index (χ1) is 49.8. The standard InChI is InChI=1S/C26H24Cl2N4O3.C25H22ClF3N4O3.C24H22Cl2N4O3/c27-19-8-3-17(4-9-19)7-12-23(33)29-20-10-5-18(6-11-20)15-22-30-25(28)21(16-24(34)35)26(31-22)32-13-1-2-14-32;26-22-19(14-21(34)35)23(33-11-1-2-12-33)32-20(31-22)13-15-3-9-18(10-4-15)30-24(36)16-5-7-17(8-6-16)25(27,28)29;25-17-7-5-16(6-8-17)24(33)27-18-9-3-15(4-10-18)13-20-28-22(26)19(14-21(31)32)23(29-20)30-11-1-2-12-30/h3-12H,1-2,13-16H2,(H,29,33)(H,34,35);3-10H,1-2,11-14H2,(H,30,36)(H,34,35);3-10H,1-2,11-14H2,(H,27,33)(H,31,32)/b12-7+;;. The van der Waals surface area contributed by atoms with Crippen LogP contribution >= 0.6 is 58.0 Å². The van der Waals surface area contributed by atoms with E-state index in [1.54, 1.807) is 66.7 Å². The van der Waals surface area contributed by atoms with E-state index in [4.69, 9.17) is 58.0 Å². The van der Waals surface area contributed by atoms with Crippen molar-refractivity contribution in [1.82, 2.24) is 29.9 Å². The van der Waals surface area contributed by atoms with Crippen molar-refractivity contribution >= 4 is 134 Å². The van der Waals surface area contributed by atoms with Gasteiger partial charge in [-0.05, 0) is 164 Å². The highest BCUT2D eigenvalue weighted by molar-refractivity contribution is 6.32. The SMILES string of the molecule is O=C(O)Cc1c(Cl)nc(Cc2ccc(NC(=O)/C=C/c3ccc(Cl)cc3)cc2)nc1N1CCCC1.O=C(O)Cc1c(Cl)nc(Cc2ccc(NC(=O)c3ccc(C(F)(F)F)cc3)cc2)nc1N1CCCC1.O=C(O)Cc1c(Cl)nc(Cc2ccc(NC(=O)c3ccc(Cl)cc3)cc2)nc1N1CCCC1. The summed E-state index contributed by atoms with van der Waals surface area (Å²) in [6.07, 6.45) is 5.32. The Morgan fingerprint density at radius 2 is 0.702 bits per heavy atom. The van der Waals surface area contributed by atoms with Gasteiger partial charge in [0.15, 0.2) is 0 Å². The summed E-state index contributed by atoms with van der Waals surface area (Å²) in [7, 11) is 0. The van der Waals surface area contributed by atoms with Gasteiger partial charge in [-0.1, -0.05) is 107 Å². The number of nitrogens with one attached hydrogen (secondary N) is 3. The van der Waals surface area contributed by atoms with Crippen LogP contribution in [0.2, 0.25) is 25.5 Å². The highest BCUT2D eigenvalue weighted by atomic mass is 35.5. The van der Waals surface area contributed by atoms with Crippen LogP contribution in [0.3, 0.4) is 0 Å². The third kappa shape index (κ3) is 21.9. The second-order valence-corrected chi connectivity index (χ2v) is 26.4. The van der Waals surface area contributed by atoms with Gasteiger partial charge in [-0.25, -0.2) is 29.9 Å². The van der Waals surface area contributed by atoms with E-state index in [1.807, 2.05) is 65.6 Å². The normalized spacial score (nSPS) is 13.4. The van der Waals surface area contributed by atoms with Crippen LogP contribution in [0, 0.1) is 0 Å². The maximum Gasteiger partial charge on any atom is 0.416 e. The van der Waals surface area contributed by atoms with Gasteiger partial charge in [0.2, 0.25) is 5.91 Å². The second kappa shape index (κ2) is 35.8. The van der Waals surface area contributed by atoms with Crippen molar-refractivity contribution in [2.75, 3.05) is 69.9 Å². The molecule has 3 fully saturated rings. The monoisotopic (exact) mass is 1510 g/mol. The van der Waals surface area contributed by atoms with E-state index in [9.17, 15) is 57.3 Å². The lowest BCUT2D eigenvalue weighted by Gasteiger charge is -2.21. The van der Waals surface area contributed by atoms with Crippen molar-refractivity contribution in [1.29, 1.82) is 0 Å². The Morgan fingerprint density at radius 1 is 0.404 bits per heavy atom. The minimum absolute atomic E-state index is 0.103. The van der Waals surface area contributed by atoms with Crippen LogP contribution in [0.4, 0.5) is 47.7 Å². The van der Waals surface area contributed by atoms with Crippen molar-refractivity contribution in [3.05, 3.63) is 250 Å². The third-order valence-corrected chi connectivity index (χ3v) is 18.2. The van der Waals surface area contributed by atoms with Crippen molar-refractivity contribution < 1.29 is 57.3 Å². The molecule has 3 aromatic heterocycles. The van der Waals surface area contributed by atoms with Gasteiger partial charge in [0, 0.05) is 120 Å². The quantitative estimate of drug-likeness (QED) is 0.0271. The largest absolute Gasteiger partial charge is 0.481 e. The Morgan fingerprint density at radius 3 is 1.01 bits per heavy atom. The number of halogens is 8. The zero-order valence-corrected chi connectivity index (χ0v) is 59.4. The topological polar surface area (TPSA) is 286 Å². The number of amides is 3. The Kier molecular flexibility index (Phi) is 26.3. The van der Waals surface area contributed by atoms with E-state index in [1.165, 1.54) is 6.08 Å². The number of hydrogen-bond donors (Lipinski definition) is 6. The van der Waals surface area contributed by atoms with Crippen LogP contribution in [-0.4, -0.2) is 120 Å². The molecule has 0 unspecified atom stereocenters. The number of aromatic nitrogens is 6. The number of aliphatic carboxylic acids is 3. The lowest BCUT2D eigenvalue weighted by molar-refractivity contribution is -0.138. The lowest BCUT2D eigenvalue weighted by Crippen LogP contribution is -2.23. The summed E-state index contributed by atoms with van der Waals surface area (Å²) < 4.78 is 38.1. The fourth-order valence-electron chi connectivity index (χ4n) is 11.6. The fraction of sp³-hybridized carbons (Fsp3) is 0.253. The van der Waals surface area contributed by atoms with Crippen molar-refractivity contribution in [3.63, 3.8) is 0 Å². The summed E-state index contributed by atoms with van der Waals surface area (Å²) in [6, 6.07) is 39.5. The van der Waals surface area contributed by atoms with E-state index >= 15 is 0 Å². The highest BCUT2D eigenvalue weighted by Gasteiger charge is 2.31. The Bertz CT molecular complexity index is 4590. The smallest absolute Gasteiger partial charge is 0.416 e. The van der Waals surface area contributed by atoms with Gasteiger partial charge in [0.25, 0.3) is 11.8 Å². The first-order valence-electron chi connectivity index (χ1n) is 33.0. The van der Waals surface area contributed by atoms with Crippen LogP contribution in [0.25, 0.3) is 6.08 Å². The van der Waals surface area contributed by atoms with E-state index in [-0.39, 0.29) is 52.1 Å². The summed E-state index contributed by atoms with van der Waals surface area (Å²) in [4.78, 5) is 104. The number of alkyl halides is 3. The average molecular weight is 1520 g/mol. The zero-order chi connectivity index (χ0) is 74.0. The van der Waals surface area contributed by atoms with Crippen LogP contribution in [0.15, 0.2) is 152 Å². The predicted molar refractivity (Wildman–Crippen MR) is 395 cm³/mol. The molecular formula is C75H68Cl5F3N12O9. The molecule has 21 nitrogen and oxygen atoms in total. The molecule has 0 spiro atoms. The van der Waals surface area contributed by atoms with Crippen LogP contribution in [-0.2, 0) is 63.9 Å². The molecule has 538 valence electrons. The lowest BCUT2D eigenvalue weighted by atomic mass is 10.1. The Hall–Kier alpha value is -10.2. The van der Waals surface area contributed by atoms with Crippen molar-refractivity contribution in [3.8, 4) is 0 Å². The zero-order valence-electron chi connectivity index (χ0n) is 55.6. The minimum Gasteiger partial charge on any atom is -0.481 e. The number of anilines is 6. The molecule has 29 heteroatoms. The minimum atomic E-state index is -4.47. The molecule has 6 heterocycles. The van der Waals surface area contributed by atoms with Crippen molar-refractivity contribution in [2.24, 2.45) is 0 Å². The third-order valence-electron chi connectivity index (χ3n) is 16.8. The maximum atomic E-state index is 12.7. The molecule has 104 heavy (non-hydrogen) atoms. The van der Waals surface area contributed by atoms with Gasteiger partial charge >= 0.3 is 24.1 Å². The predicted octanol–water partition coefficient (Wildman–Crippen LogP) is 15.3. The van der Waals surface area contributed by atoms with E-state index < -0.39 is 35.6 Å². The van der Waals surface area contributed by atoms with Crippen LogP contribution < -0.4 is 30.7 Å². The number of hydrogen-bond acceptors (Lipinski definition) is 15. The number of carbonyl (C=O) groups excluding carboxylic acids is 3. The number of rotatable bonds is 22. The molecular weight excluding hydrogens is 1450 g/mol. The van der Waals surface area contributed by atoms with Crippen LogP contribution in [0.5, 0.6) is 0 Å². The first kappa shape index (κ1) is 76.4. The van der Waals surface area contributed by atoms with Gasteiger partial charge < -0.3 is 46.0 Å². The molecule has 3 aliphatic rings. The summed E-state index contributed by atoms with van der Waals surface area (Å²) >= 11 is 30.9. The molecule has 0 aliphatic carbocycles. The summed E-state index contributed by atoms with van der Waals surface area (Å²) in [6.45, 7) is 4.82. The highest BCUT2D eigenvalue weighted by Crippen LogP contribution is 2.34. The summed E-state index contributed by atoms with van der Waals surface area (Å²) in [5.74, 6) is -0.697. The van der Waals surface area contributed by atoms with Crippen LogP contribution in [0.1, 0.15) is 121 Å². The van der Waals surface area contributed by atoms with Gasteiger partial charge in [-0.2, -0.15) is 13.2 Å². The van der Waals surface area contributed by atoms with Crippen molar-refractivity contribution in [2.45, 2.75) is 83.2 Å². The Labute approximate surface area is 621 Å². The molecule has 3 aliphatic heterocycles. The number of carboxylic acid groups (broad SMARTS) is 3. The molecule has 12 rings (SSSR count). The number of nitrogens with zero attached hydrogens (tertiary/aromatic N) is 9. The number of carboxylic acids is 3. The number of benzene rings is 6. The summed E-state index contributed by atoms with van der Waals surface area (Å²) in [5, 5.41) is 37.8. The molecule has 9 aromatic rings. The van der Waals surface area contributed by atoms with E-state index in [2.05, 4.69) is 55.7 Å². The van der Waals surface area contributed by atoms with E-state index in [0.717, 1.165) is 124 Å². The molecule has 3 saturated heterocycles. The molecule has 3 amide bonds.